The third-order valence-corrected chi connectivity index (χ3v) is 4.20. The first-order valence-electron chi connectivity index (χ1n) is 6.50. The number of rotatable bonds is 2. The number of pyridine rings is 1. The highest BCUT2D eigenvalue weighted by Crippen LogP contribution is 2.26. The molecule has 0 saturated heterocycles. The van der Waals surface area contributed by atoms with Crippen LogP contribution in [-0.4, -0.2) is 20.6 Å². The van der Waals surface area contributed by atoms with E-state index in [1.807, 2.05) is 18.3 Å². The van der Waals surface area contributed by atoms with Gasteiger partial charge in [-0.3, -0.25) is 0 Å². The number of aromatic nitrogens is 3. The van der Waals surface area contributed by atoms with Gasteiger partial charge in [-0.25, -0.2) is 4.52 Å². The van der Waals surface area contributed by atoms with E-state index in [-0.39, 0.29) is 0 Å². The highest BCUT2D eigenvalue weighted by molar-refractivity contribution is 9.10. The van der Waals surface area contributed by atoms with Crippen LogP contribution >= 0.6 is 15.9 Å². The summed E-state index contributed by atoms with van der Waals surface area (Å²) in [5.41, 5.74) is 0.865. The van der Waals surface area contributed by atoms with Crippen LogP contribution in [0, 0.1) is 5.92 Å². The summed E-state index contributed by atoms with van der Waals surface area (Å²) < 4.78 is 2.78. The molecule has 2 heterocycles. The standard InChI is InChI=1S/C13H17BrN4/c1-9-4-2-5-10(8-9)15-13-16-12-11(14)6-3-7-18(12)17-13/h3,6-7,9-10H,2,4-5,8H2,1H3,(H,15,17). The Bertz CT molecular complexity index is 551. The van der Waals surface area contributed by atoms with E-state index in [4.69, 9.17) is 0 Å². The molecule has 18 heavy (non-hydrogen) atoms. The lowest BCUT2D eigenvalue weighted by Crippen LogP contribution is -2.26. The predicted octanol–water partition coefficient (Wildman–Crippen LogP) is 3.48. The van der Waals surface area contributed by atoms with Crippen molar-refractivity contribution in [3.05, 3.63) is 22.8 Å². The van der Waals surface area contributed by atoms with E-state index in [2.05, 4.69) is 38.3 Å². The van der Waals surface area contributed by atoms with Gasteiger partial charge in [0.05, 0.1) is 4.47 Å². The van der Waals surface area contributed by atoms with E-state index in [0.717, 1.165) is 22.0 Å². The van der Waals surface area contributed by atoms with Crippen molar-refractivity contribution in [2.75, 3.05) is 5.32 Å². The molecule has 1 aliphatic carbocycles. The van der Waals surface area contributed by atoms with Crippen LogP contribution < -0.4 is 5.32 Å². The average Bonchev–Trinajstić information content (AvgIpc) is 2.73. The quantitative estimate of drug-likeness (QED) is 0.923. The maximum absolute atomic E-state index is 4.53. The zero-order chi connectivity index (χ0) is 12.5. The van der Waals surface area contributed by atoms with Gasteiger partial charge in [0, 0.05) is 12.2 Å². The monoisotopic (exact) mass is 308 g/mol. The van der Waals surface area contributed by atoms with E-state index >= 15 is 0 Å². The molecule has 1 aliphatic rings. The number of nitrogens with one attached hydrogen (secondary N) is 1. The zero-order valence-corrected chi connectivity index (χ0v) is 12.0. The number of nitrogens with zero attached hydrogens (tertiary/aromatic N) is 3. The second-order valence-corrected chi connectivity index (χ2v) is 6.03. The molecular formula is C13H17BrN4. The van der Waals surface area contributed by atoms with Crippen molar-refractivity contribution >= 4 is 27.5 Å². The number of hydrogen-bond donors (Lipinski definition) is 1. The Morgan fingerprint density at radius 3 is 3.11 bits per heavy atom. The Kier molecular flexibility index (Phi) is 3.24. The van der Waals surface area contributed by atoms with Crippen molar-refractivity contribution in [2.45, 2.75) is 38.6 Å². The normalized spacial score (nSPS) is 24.3. The third-order valence-electron chi connectivity index (χ3n) is 3.58. The van der Waals surface area contributed by atoms with Gasteiger partial charge in [0.15, 0.2) is 5.65 Å². The van der Waals surface area contributed by atoms with E-state index < -0.39 is 0 Å². The maximum atomic E-state index is 4.53. The van der Waals surface area contributed by atoms with Gasteiger partial charge in [-0.2, -0.15) is 4.98 Å². The summed E-state index contributed by atoms with van der Waals surface area (Å²) >= 11 is 3.49. The molecule has 2 aromatic heterocycles. The van der Waals surface area contributed by atoms with E-state index in [0.29, 0.717) is 6.04 Å². The molecule has 1 N–H and O–H groups in total. The summed E-state index contributed by atoms with van der Waals surface area (Å²) in [7, 11) is 0. The van der Waals surface area contributed by atoms with Crippen molar-refractivity contribution in [2.24, 2.45) is 5.92 Å². The first-order chi connectivity index (χ1) is 8.72. The third kappa shape index (κ3) is 2.36. The van der Waals surface area contributed by atoms with Crippen LogP contribution in [0.3, 0.4) is 0 Å². The van der Waals surface area contributed by atoms with Crippen LogP contribution in [0.5, 0.6) is 0 Å². The summed E-state index contributed by atoms with van der Waals surface area (Å²) in [4.78, 5) is 4.53. The molecule has 4 nitrogen and oxygen atoms in total. The lowest BCUT2D eigenvalue weighted by atomic mass is 9.87. The molecular weight excluding hydrogens is 292 g/mol. The first-order valence-corrected chi connectivity index (χ1v) is 7.29. The van der Waals surface area contributed by atoms with Crippen LogP contribution in [0.15, 0.2) is 22.8 Å². The van der Waals surface area contributed by atoms with Gasteiger partial charge in [0.2, 0.25) is 5.95 Å². The Morgan fingerprint density at radius 1 is 1.44 bits per heavy atom. The van der Waals surface area contributed by atoms with Gasteiger partial charge in [0.25, 0.3) is 0 Å². The summed E-state index contributed by atoms with van der Waals surface area (Å²) in [6, 6.07) is 4.46. The Balaban J connectivity index is 1.80. The number of halogens is 1. The highest BCUT2D eigenvalue weighted by Gasteiger charge is 2.20. The molecule has 96 valence electrons. The molecule has 1 fully saturated rings. The fourth-order valence-corrected chi connectivity index (χ4v) is 3.11. The molecule has 0 aliphatic heterocycles. The Hall–Kier alpha value is -1.10. The molecule has 0 amide bonds. The zero-order valence-electron chi connectivity index (χ0n) is 10.4. The SMILES string of the molecule is CC1CCCC(Nc2nc3c(Br)cccn3n2)C1. The topological polar surface area (TPSA) is 42.2 Å². The largest absolute Gasteiger partial charge is 0.350 e. The minimum Gasteiger partial charge on any atom is -0.350 e. The van der Waals surface area contributed by atoms with Gasteiger partial charge in [-0.05, 0) is 46.8 Å². The van der Waals surface area contributed by atoms with Gasteiger partial charge in [-0.15, -0.1) is 5.10 Å². The molecule has 0 radical (unpaired) electrons. The van der Waals surface area contributed by atoms with Crippen LogP contribution in [0.2, 0.25) is 0 Å². The molecule has 1 saturated carbocycles. The van der Waals surface area contributed by atoms with Crippen molar-refractivity contribution in [1.82, 2.24) is 14.6 Å². The van der Waals surface area contributed by atoms with Gasteiger partial charge in [-0.1, -0.05) is 19.8 Å². The van der Waals surface area contributed by atoms with Crippen LogP contribution in [0.4, 0.5) is 5.95 Å². The number of fused-ring (bicyclic) bond motifs is 1. The lowest BCUT2D eigenvalue weighted by Gasteiger charge is -2.26. The second kappa shape index (κ2) is 4.88. The van der Waals surface area contributed by atoms with Gasteiger partial charge < -0.3 is 5.32 Å². The van der Waals surface area contributed by atoms with Crippen LogP contribution in [0.25, 0.3) is 5.65 Å². The minimum atomic E-state index is 0.518. The molecule has 3 rings (SSSR count). The molecule has 2 unspecified atom stereocenters. The van der Waals surface area contributed by atoms with Crippen molar-refractivity contribution in [1.29, 1.82) is 0 Å². The fraction of sp³-hybridized carbons (Fsp3) is 0.538. The van der Waals surface area contributed by atoms with Crippen molar-refractivity contribution < 1.29 is 0 Å². The minimum absolute atomic E-state index is 0.518. The average molecular weight is 309 g/mol. The second-order valence-electron chi connectivity index (χ2n) is 5.17. The van der Waals surface area contributed by atoms with E-state index in [1.165, 1.54) is 25.7 Å². The predicted molar refractivity (Wildman–Crippen MR) is 75.7 cm³/mol. The molecule has 0 bridgehead atoms. The fourth-order valence-electron chi connectivity index (χ4n) is 2.68. The molecule has 2 aromatic rings. The number of hydrogen-bond acceptors (Lipinski definition) is 3. The smallest absolute Gasteiger partial charge is 0.243 e. The van der Waals surface area contributed by atoms with Crippen LogP contribution in [0.1, 0.15) is 32.6 Å². The van der Waals surface area contributed by atoms with Gasteiger partial charge >= 0.3 is 0 Å². The summed E-state index contributed by atoms with van der Waals surface area (Å²) in [5, 5.41) is 7.92. The Labute approximate surface area is 115 Å². The summed E-state index contributed by atoms with van der Waals surface area (Å²) in [6.45, 7) is 2.32. The van der Waals surface area contributed by atoms with E-state index in [1.54, 1.807) is 4.52 Å². The van der Waals surface area contributed by atoms with E-state index in [9.17, 15) is 0 Å². The lowest BCUT2D eigenvalue weighted by molar-refractivity contribution is 0.357. The molecule has 0 spiro atoms. The highest BCUT2D eigenvalue weighted by atomic mass is 79.9. The van der Waals surface area contributed by atoms with Crippen LogP contribution in [-0.2, 0) is 0 Å². The maximum Gasteiger partial charge on any atom is 0.243 e. The molecule has 0 aromatic carbocycles. The Morgan fingerprint density at radius 2 is 2.33 bits per heavy atom. The van der Waals surface area contributed by atoms with Crippen molar-refractivity contribution in [3.8, 4) is 0 Å². The van der Waals surface area contributed by atoms with Crippen molar-refractivity contribution in [3.63, 3.8) is 0 Å². The molecule has 5 heteroatoms. The number of anilines is 1. The van der Waals surface area contributed by atoms with Gasteiger partial charge in [0.1, 0.15) is 0 Å². The summed E-state index contributed by atoms with van der Waals surface area (Å²) in [6.07, 6.45) is 7.01. The summed E-state index contributed by atoms with van der Waals surface area (Å²) in [5.74, 6) is 1.54. The first kappa shape index (κ1) is 12.0. The molecule has 2 atom stereocenters.